The van der Waals surface area contributed by atoms with Crippen molar-refractivity contribution in [2.45, 2.75) is 37.6 Å². The van der Waals surface area contributed by atoms with Gasteiger partial charge in [0.2, 0.25) is 11.6 Å². The Balaban J connectivity index is 1.58. The summed E-state index contributed by atoms with van der Waals surface area (Å²) >= 11 is 0. The summed E-state index contributed by atoms with van der Waals surface area (Å²) in [7, 11) is 1.86. The van der Waals surface area contributed by atoms with Gasteiger partial charge in [0.1, 0.15) is 5.82 Å². The molecule has 0 bridgehead atoms. The molecular formula is C14H18N6O. The third-order valence-corrected chi connectivity index (χ3v) is 3.96. The highest BCUT2D eigenvalue weighted by molar-refractivity contribution is 5.82. The van der Waals surface area contributed by atoms with E-state index < -0.39 is 0 Å². The molecule has 2 fully saturated rings. The first-order valence-corrected chi connectivity index (χ1v) is 7.42. The molecule has 4 rings (SSSR count). The van der Waals surface area contributed by atoms with Gasteiger partial charge in [0, 0.05) is 31.4 Å². The second kappa shape index (κ2) is 4.68. The van der Waals surface area contributed by atoms with Crippen molar-refractivity contribution in [3.8, 4) is 0 Å². The van der Waals surface area contributed by atoms with E-state index in [1.807, 2.05) is 22.5 Å². The second-order valence-corrected chi connectivity index (χ2v) is 5.97. The van der Waals surface area contributed by atoms with Crippen LogP contribution in [0.25, 0.3) is 5.65 Å². The summed E-state index contributed by atoms with van der Waals surface area (Å²) in [4.78, 5) is 18.1. The van der Waals surface area contributed by atoms with E-state index in [-0.39, 0.29) is 12.5 Å². The number of anilines is 1. The fourth-order valence-corrected chi connectivity index (χ4v) is 2.51. The van der Waals surface area contributed by atoms with Gasteiger partial charge >= 0.3 is 0 Å². The van der Waals surface area contributed by atoms with Crippen LogP contribution in [0.5, 0.6) is 0 Å². The molecule has 7 nitrogen and oxygen atoms in total. The molecule has 7 heteroatoms. The molecule has 2 aromatic heterocycles. The number of hydrogen-bond donors (Lipinski definition) is 1. The fourth-order valence-electron chi connectivity index (χ4n) is 2.51. The maximum Gasteiger partial charge on any atom is 0.239 e. The quantitative estimate of drug-likeness (QED) is 0.876. The van der Waals surface area contributed by atoms with Gasteiger partial charge in [0.15, 0.2) is 5.82 Å². The van der Waals surface area contributed by atoms with E-state index in [2.05, 4.69) is 20.5 Å². The lowest BCUT2D eigenvalue weighted by molar-refractivity contribution is -0.119. The molecule has 0 aliphatic heterocycles. The molecule has 2 saturated carbocycles. The van der Waals surface area contributed by atoms with Crippen LogP contribution in [0.15, 0.2) is 12.4 Å². The lowest BCUT2D eigenvalue weighted by Crippen LogP contribution is -2.36. The third kappa shape index (κ3) is 2.43. The Labute approximate surface area is 122 Å². The second-order valence-electron chi connectivity index (χ2n) is 5.97. The van der Waals surface area contributed by atoms with E-state index in [4.69, 9.17) is 0 Å². The van der Waals surface area contributed by atoms with Crippen LogP contribution in [0.2, 0.25) is 0 Å². The Kier molecular flexibility index (Phi) is 2.80. The van der Waals surface area contributed by atoms with Crippen LogP contribution in [0.4, 0.5) is 5.82 Å². The molecule has 0 unspecified atom stereocenters. The van der Waals surface area contributed by atoms with Crippen molar-refractivity contribution in [3.63, 3.8) is 0 Å². The smallest absolute Gasteiger partial charge is 0.239 e. The molecule has 0 atom stereocenters. The average Bonchev–Trinajstić information content (AvgIpc) is 3.38. The molecule has 0 spiro atoms. The summed E-state index contributed by atoms with van der Waals surface area (Å²) in [5.74, 6) is 2.26. The first-order chi connectivity index (χ1) is 10.2. The number of carbonyl (C=O) groups excluding carboxylic acids is 1. The summed E-state index contributed by atoms with van der Waals surface area (Å²) < 4.78 is 2.00. The summed E-state index contributed by atoms with van der Waals surface area (Å²) in [6.07, 6.45) is 8.18. The zero-order chi connectivity index (χ0) is 14.4. The maximum atomic E-state index is 11.9. The Morgan fingerprint density at radius 3 is 2.90 bits per heavy atom. The molecular weight excluding hydrogens is 268 g/mol. The molecule has 2 aliphatic carbocycles. The van der Waals surface area contributed by atoms with Crippen molar-refractivity contribution in [3.05, 3.63) is 18.2 Å². The Morgan fingerprint density at radius 2 is 2.19 bits per heavy atom. The van der Waals surface area contributed by atoms with E-state index in [0.29, 0.717) is 17.8 Å². The average molecular weight is 286 g/mol. The number of rotatable bonds is 5. The zero-order valence-corrected chi connectivity index (χ0v) is 12.0. The van der Waals surface area contributed by atoms with Gasteiger partial charge in [-0.15, -0.1) is 10.2 Å². The van der Waals surface area contributed by atoms with Crippen molar-refractivity contribution in [1.82, 2.24) is 24.9 Å². The van der Waals surface area contributed by atoms with Crippen LogP contribution in [-0.2, 0) is 4.79 Å². The molecule has 0 aromatic carbocycles. The molecule has 110 valence electrons. The highest BCUT2D eigenvalue weighted by atomic mass is 16.2. The number of likely N-dealkylation sites (N-methyl/N-ethyl adjacent to an activating group) is 1. The SMILES string of the molecule is CN(CC(=O)NC1CC1)c1nccn2c(C3CC3)nnc12. The number of nitrogens with one attached hydrogen (secondary N) is 1. The molecule has 1 amide bonds. The summed E-state index contributed by atoms with van der Waals surface area (Å²) in [6.45, 7) is 0.287. The third-order valence-electron chi connectivity index (χ3n) is 3.96. The van der Waals surface area contributed by atoms with Gasteiger partial charge in [0.05, 0.1) is 6.54 Å². The van der Waals surface area contributed by atoms with E-state index >= 15 is 0 Å². The first-order valence-electron chi connectivity index (χ1n) is 7.42. The van der Waals surface area contributed by atoms with Gasteiger partial charge in [-0.25, -0.2) is 4.98 Å². The van der Waals surface area contributed by atoms with Crippen LogP contribution < -0.4 is 10.2 Å². The predicted molar refractivity (Wildman–Crippen MR) is 77.2 cm³/mol. The molecule has 21 heavy (non-hydrogen) atoms. The van der Waals surface area contributed by atoms with Crippen molar-refractivity contribution in [2.24, 2.45) is 0 Å². The lowest BCUT2D eigenvalue weighted by atomic mass is 10.4. The van der Waals surface area contributed by atoms with Crippen LogP contribution in [0.1, 0.15) is 37.4 Å². The first kappa shape index (κ1) is 12.6. The molecule has 1 N–H and O–H groups in total. The molecule has 0 saturated heterocycles. The summed E-state index contributed by atoms with van der Waals surface area (Å²) in [5.41, 5.74) is 0.723. The monoisotopic (exact) mass is 286 g/mol. The highest BCUT2D eigenvalue weighted by Gasteiger charge is 2.29. The zero-order valence-electron chi connectivity index (χ0n) is 12.0. The Bertz CT molecular complexity index is 688. The van der Waals surface area contributed by atoms with Crippen molar-refractivity contribution in [1.29, 1.82) is 0 Å². The number of amides is 1. The summed E-state index contributed by atoms with van der Waals surface area (Å²) in [6, 6.07) is 0.379. The van der Waals surface area contributed by atoms with Gasteiger partial charge in [-0.1, -0.05) is 0 Å². The number of nitrogens with zero attached hydrogens (tertiary/aromatic N) is 5. The number of aromatic nitrogens is 4. The molecule has 2 heterocycles. The van der Waals surface area contributed by atoms with Gasteiger partial charge in [-0.2, -0.15) is 0 Å². The van der Waals surface area contributed by atoms with Gasteiger partial charge < -0.3 is 10.2 Å². The van der Waals surface area contributed by atoms with E-state index in [9.17, 15) is 4.79 Å². The lowest BCUT2D eigenvalue weighted by Gasteiger charge is -2.17. The topological polar surface area (TPSA) is 75.4 Å². The van der Waals surface area contributed by atoms with Gasteiger partial charge in [-0.3, -0.25) is 9.20 Å². The molecule has 0 radical (unpaired) electrons. The van der Waals surface area contributed by atoms with Crippen molar-refractivity contribution in [2.75, 3.05) is 18.5 Å². The summed E-state index contributed by atoms with van der Waals surface area (Å²) in [5, 5.41) is 11.5. The highest BCUT2D eigenvalue weighted by Crippen LogP contribution is 2.39. The van der Waals surface area contributed by atoms with Gasteiger partial charge in [-0.05, 0) is 25.7 Å². The Hall–Kier alpha value is -2.18. The van der Waals surface area contributed by atoms with Crippen LogP contribution in [0.3, 0.4) is 0 Å². The minimum atomic E-state index is 0.0331. The molecule has 2 aliphatic rings. The standard InChI is InChI=1S/C14H18N6O/c1-19(8-11(21)16-10-4-5-10)13-14-18-17-12(9-2-3-9)20(14)7-6-15-13/h6-7,9-10H,2-5,8H2,1H3,(H,16,21). The molecule has 2 aromatic rings. The van der Waals surface area contributed by atoms with E-state index in [0.717, 1.165) is 24.3 Å². The van der Waals surface area contributed by atoms with Gasteiger partial charge in [0.25, 0.3) is 0 Å². The van der Waals surface area contributed by atoms with E-state index in [1.54, 1.807) is 6.20 Å². The van der Waals surface area contributed by atoms with Crippen molar-refractivity contribution >= 4 is 17.4 Å². The minimum Gasteiger partial charge on any atom is -0.352 e. The number of fused-ring (bicyclic) bond motifs is 1. The maximum absolute atomic E-state index is 11.9. The number of hydrogen-bond acceptors (Lipinski definition) is 5. The van der Waals surface area contributed by atoms with Crippen LogP contribution in [-0.4, -0.2) is 45.1 Å². The normalized spacial score (nSPS) is 18.0. The predicted octanol–water partition coefficient (Wildman–Crippen LogP) is 0.716. The fraction of sp³-hybridized carbons (Fsp3) is 0.571. The van der Waals surface area contributed by atoms with Crippen molar-refractivity contribution < 1.29 is 4.79 Å². The Morgan fingerprint density at radius 1 is 1.38 bits per heavy atom. The van der Waals surface area contributed by atoms with Crippen LogP contribution >= 0.6 is 0 Å². The minimum absolute atomic E-state index is 0.0331. The number of carbonyl (C=O) groups is 1. The largest absolute Gasteiger partial charge is 0.352 e. The van der Waals surface area contributed by atoms with E-state index in [1.165, 1.54) is 12.8 Å². The van der Waals surface area contributed by atoms with Crippen LogP contribution in [0, 0.1) is 0 Å².